The van der Waals surface area contributed by atoms with Crippen LogP contribution in [-0.2, 0) is 11.2 Å². The van der Waals surface area contributed by atoms with E-state index in [-0.39, 0.29) is 36.9 Å². The van der Waals surface area contributed by atoms with E-state index < -0.39 is 19.2 Å². The van der Waals surface area contributed by atoms with Gasteiger partial charge < -0.3 is 14.6 Å². The van der Waals surface area contributed by atoms with Gasteiger partial charge in [-0.25, -0.2) is 0 Å². The van der Waals surface area contributed by atoms with Gasteiger partial charge in [-0.15, -0.1) is 0 Å². The van der Waals surface area contributed by atoms with Gasteiger partial charge in [0.15, 0.2) is 17.3 Å². The summed E-state index contributed by atoms with van der Waals surface area (Å²) in [6.45, 7) is 0.510. The zero-order valence-corrected chi connectivity index (χ0v) is 18.4. The Morgan fingerprint density at radius 1 is 1.03 bits per heavy atom. The van der Waals surface area contributed by atoms with E-state index >= 15 is 0 Å². The minimum absolute atomic E-state index is 0.0714. The molecular formula is C25H34N2O4. The van der Waals surface area contributed by atoms with Gasteiger partial charge in [-0.1, -0.05) is 30.3 Å². The Kier molecular flexibility index (Phi) is 6.62. The minimum Gasteiger partial charge on any atom is -0.493 e. The molecule has 2 aromatic carbocycles. The number of aryl methyl sites for hydroxylation is 2. The number of ether oxygens (including phenoxy) is 2. The van der Waals surface area contributed by atoms with Gasteiger partial charge >= 0.3 is 0 Å². The second kappa shape index (κ2) is 11.3. The van der Waals surface area contributed by atoms with Gasteiger partial charge in [-0.2, -0.15) is 0 Å². The summed E-state index contributed by atoms with van der Waals surface area (Å²) in [4.78, 5) is 16.0. The predicted molar refractivity (Wildman–Crippen MR) is 122 cm³/mol. The molecule has 31 heavy (non-hydrogen) atoms. The summed E-state index contributed by atoms with van der Waals surface area (Å²) < 4.78 is 43.8. The van der Waals surface area contributed by atoms with Crippen LogP contribution in [0.5, 0.6) is 11.5 Å². The average Bonchev–Trinajstić information content (AvgIpc) is 2.81. The molecule has 0 aliphatic carbocycles. The van der Waals surface area contributed by atoms with Crippen LogP contribution in [0, 0.1) is 13.8 Å². The normalized spacial score (nSPS) is 19.0. The summed E-state index contributed by atoms with van der Waals surface area (Å²) in [7, 11) is 1.42. The number of carbonyl (C=O) groups excluding carboxylic acids is 1. The molecule has 0 aromatic heterocycles. The Labute approximate surface area is 191 Å². The molecule has 0 amide bonds. The quantitative estimate of drug-likeness (QED) is 0.625. The molecule has 1 unspecified atom stereocenters. The van der Waals surface area contributed by atoms with Crippen LogP contribution in [0.25, 0.3) is 0 Å². The molecule has 2 aromatic rings. The van der Waals surface area contributed by atoms with E-state index in [4.69, 9.17) is 15.0 Å². The summed E-state index contributed by atoms with van der Waals surface area (Å²) in [6.07, 6.45) is -1.73. The lowest BCUT2D eigenvalue weighted by atomic mass is 9.98. The molecule has 0 radical (unpaired) electrons. The van der Waals surface area contributed by atoms with Crippen molar-refractivity contribution < 1.29 is 24.9 Å². The van der Waals surface area contributed by atoms with Crippen molar-refractivity contribution in [3.05, 3.63) is 59.2 Å². The number of rotatable bonds is 10. The Morgan fingerprint density at radius 2 is 1.65 bits per heavy atom. The van der Waals surface area contributed by atoms with Crippen LogP contribution in [0.3, 0.4) is 0 Å². The molecule has 1 fully saturated rings. The largest absolute Gasteiger partial charge is 0.493 e. The monoisotopic (exact) mass is 430 g/mol. The van der Waals surface area contributed by atoms with Crippen LogP contribution in [0.4, 0.5) is 0 Å². The maximum Gasteiger partial charge on any atom is 0.161 e. The number of carbonyl (C=O) groups is 1. The first-order chi connectivity index (χ1) is 16.5. The second-order valence-electron chi connectivity index (χ2n) is 7.75. The van der Waals surface area contributed by atoms with E-state index in [9.17, 15) is 9.90 Å². The van der Waals surface area contributed by atoms with Gasteiger partial charge in [0.05, 0.1) is 16.4 Å². The van der Waals surface area contributed by atoms with E-state index in [1.807, 2.05) is 36.9 Å². The summed E-state index contributed by atoms with van der Waals surface area (Å²) in [5, 5.41) is 10.7. The molecule has 6 heteroatoms. The number of piperazine rings is 1. The van der Waals surface area contributed by atoms with Crippen molar-refractivity contribution in [1.29, 1.82) is 0 Å². The molecule has 1 N–H and O–H groups in total. The molecule has 0 saturated carbocycles. The molecule has 1 heterocycles. The van der Waals surface area contributed by atoms with Crippen molar-refractivity contribution in [3.8, 4) is 11.5 Å². The summed E-state index contributed by atoms with van der Waals surface area (Å²) in [6, 6.07) is 12.4. The molecule has 0 bridgehead atoms. The Morgan fingerprint density at radius 3 is 2.29 bits per heavy atom. The number of hydrogen-bond donors (Lipinski definition) is 1. The van der Waals surface area contributed by atoms with Gasteiger partial charge in [0.1, 0.15) is 12.7 Å². The number of para-hydroxylation sites is 2. The Bertz CT molecular complexity index is 1010. The molecule has 1 saturated heterocycles. The van der Waals surface area contributed by atoms with E-state index in [0.29, 0.717) is 19.5 Å². The van der Waals surface area contributed by atoms with Gasteiger partial charge in [0.25, 0.3) is 0 Å². The highest BCUT2D eigenvalue weighted by Crippen LogP contribution is 2.25. The topological polar surface area (TPSA) is 62.2 Å². The Hall–Kier alpha value is -2.41. The van der Waals surface area contributed by atoms with Crippen LogP contribution >= 0.6 is 0 Å². The molecule has 0 spiro atoms. The van der Waals surface area contributed by atoms with Crippen LogP contribution < -0.4 is 9.47 Å². The number of hydrogen-bond acceptors (Lipinski definition) is 6. The molecule has 3 rings (SSSR count). The summed E-state index contributed by atoms with van der Waals surface area (Å²) in [5.41, 5.74) is 3.23. The molecule has 1 atom stereocenters. The number of methoxy groups -OCH3 is 1. The SMILES string of the molecule is [2H]C([2H])(Oc1ccccc1OC)C(O)C([2H])([2H])N1CCN(CC(=O)Cc2c(C)cccc2C)CC1. The number of β-amino-alcohol motifs (C(OH)–C–C–N with tert-alkyl or cyclic N) is 1. The second-order valence-corrected chi connectivity index (χ2v) is 7.75. The lowest BCUT2D eigenvalue weighted by Crippen LogP contribution is -2.50. The van der Waals surface area contributed by atoms with Crippen LogP contribution in [0.15, 0.2) is 42.5 Å². The van der Waals surface area contributed by atoms with Crippen LogP contribution in [0.1, 0.15) is 22.2 Å². The fourth-order valence-electron chi connectivity index (χ4n) is 3.69. The Balaban J connectivity index is 1.57. The van der Waals surface area contributed by atoms with Crippen molar-refractivity contribution in [1.82, 2.24) is 9.80 Å². The number of aliphatic hydroxyl groups excluding tert-OH is 1. The fourth-order valence-corrected chi connectivity index (χ4v) is 3.69. The third kappa shape index (κ3) is 6.79. The lowest BCUT2D eigenvalue weighted by Gasteiger charge is -2.35. The minimum atomic E-state index is -2.71. The highest BCUT2D eigenvalue weighted by atomic mass is 16.5. The molecular weight excluding hydrogens is 392 g/mol. The lowest BCUT2D eigenvalue weighted by molar-refractivity contribution is -0.120. The van der Waals surface area contributed by atoms with E-state index in [0.717, 1.165) is 16.7 Å². The van der Waals surface area contributed by atoms with Crippen molar-refractivity contribution in [3.63, 3.8) is 0 Å². The molecule has 1 aliphatic rings. The number of benzene rings is 2. The number of Topliss-reactive ketones (excluding diaryl/α,β-unsaturated/α-hetero) is 1. The zero-order valence-electron chi connectivity index (χ0n) is 22.4. The summed E-state index contributed by atoms with van der Waals surface area (Å²) in [5.74, 6) is 0.450. The van der Waals surface area contributed by atoms with E-state index in [2.05, 4.69) is 0 Å². The van der Waals surface area contributed by atoms with Gasteiger partial charge in [0.2, 0.25) is 0 Å². The molecule has 168 valence electrons. The predicted octanol–water partition coefficient (Wildman–Crippen LogP) is 2.48. The van der Waals surface area contributed by atoms with Crippen molar-refractivity contribution >= 4 is 5.78 Å². The number of nitrogens with zero attached hydrogens (tertiary/aromatic N) is 2. The van der Waals surface area contributed by atoms with Gasteiger partial charge in [0, 0.05) is 41.8 Å². The maximum atomic E-state index is 12.7. The standard InChI is InChI=1S/C25H34N2O4/c1-19-7-6-8-20(2)23(19)15-21(28)16-26-11-13-27(14-12-26)17-22(29)18-31-25-10-5-4-9-24(25)30-3/h4-10,22,29H,11-18H2,1-3H3/i17D2,18D2. The maximum absolute atomic E-state index is 12.7. The highest BCUT2D eigenvalue weighted by molar-refractivity contribution is 5.83. The smallest absolute Gasteiger partial charge is 0.161 e. The van der Waals surface area contributed by atoms with Crippen molar-refractivity contribution in [2.75, 3.05) is 52.9 Å². The molecule has 1 aliphatic heterocycles. The third-order valence-electron chi connectivity index (χ3n) is 5.45. The molecule has 6 nitrogen and oxygen atoms in total. The fraction of sp³-hybridized carbons (Fsp3) is 0.480. The van der Waals surface area contributed by atoms with Gasteiger partial charge in [-0.05, 0) is 42.7 Å². The average molecular weight is 431 g/mol. The van der Waals surface area contributed by atoms with E-state index in [1.54, 1.807) is 18.2 Å². The van der Waals surface area contributed by atoms with Crippen molar-refractivity contribution in [2.24, 2.45) is 0 Å². The third-order valence-corrected chi connectivity index (χ3v) is 5.45. The first-order valence-corrected chi connectivity index (χ1v) is 10.5. The zero-order chi connectivity index (χ0) is 25.8. The van der Waals surface area contributed by atoms with Crippen molar-refractivity contribution in [2.45, 2.75) is 26.4 Å². The number of aliphatic hydroxyl groups is 1. The van der Waals surface area contributed by atoms with Gasteiger partial charge in [-0.3, -0.25) is 14.6 Å². The summed E-state index contributed by atoms with van der Waals surface area (Å²) >= 11 is 0. The highest BCUT2D eigenvalue weighted by Gasteiger charge is 2.21. The number of ketones is 1. The first-order valence-electron chi connectivity index (χ1n) is 12.5. The van der Waals surface area contributed by atoms with E-state index in [1.165, 1.54) is 18.1 Å². The first kappa shape index (κ1) is 18.2. The van der Waals surface area contributed by atoms with Crippen LogP contribution in [-0.4, -0.2) is 79.7 Å². The van der Waals surface area contributed by atoms with Crippen LogP contribution in [0.2, 0.25) is 0 Å².